The minimum atomic E-state index is -1.07. The van der Waals surface area contributed by atoms with E-state index in [0.29, 0.717) is 17.1 Å². The molecule has 5 nitrogen and oxygen atoms in total. The first-order valence-electron chi connectivity index (χ1n) is 5.84. The fourth-order valence-corrected chi connectivity index (χ4v) is 2.02. The van der Waals surface area contributed by atoms with Crippen molar-refractivity contribution in [3.63, 3.8) is 0 Å². The predicted octanol–water partition coefficient (Wildman–Crippen LogP) is 3.82. The molecule has 6 heteroatoms. The number of methoxy groups -OCH3 is 1. The molecule has 21 heavy (non-hydrogen) atoms. The summed E-state index contributed by atoms with van der Waals surface area (Å²) < 4.78 is 11.5. The third kappa shape index (κ3) is 3.33. The second kappa shape index (κ2) is 6.29. The molecule has 0 aliphatic heterocycles. The van der Waals surface area contributed by atoms with Gasteiger partial charge in [0.1, 0.15) is 11.8 Å². The highest BCUT2D eigenvalue weighted by atomic mass is 79.9. The normalized spacial score (nSPS) is 9.76. The first kappa shape index (κ1) is 14.9. The summed E-state index contributed by atoms with van der Waals surface area (Å²) in [6.07, 6.45) is 0. The Kier molecular flexibility index (Phi) is 4.45. The predicted molar refractivity (Wildman–Crippen MR) is 78.9 cm³/mol. The summed E-state index contributed by atoms with van der Waals surface area (Å²) in [7, 11) is 1.45. The second-order valence-electron chi connectivity index (χ2n) is 4.03. The Balaban J connectivity index is 2.48. The van der Waals surface area contributed by atoms with Gasteiger partial charge in [-0.3, -0.25) is 0 Å². The largest absolute Gasteiger partial charge is 0.493 e. The molecule has 0 radical (unpaired) electrons. The van der Waals surface area contributed by atoms with Gasteiger partial charge in [0, 0.05) is 4.47 Å². The van der Waals surface area contributed by atoms with Crippen LogP contribution in [0.25, 0.3) is 0 Å². The van der Waals surface area contributed by atoms with Gasteiger partial charge in [-0.1, -0.05) is 15.9 Å². The molecule has 0 amide bonds. The molecule has 2 aromatic carbocycles. The standard InChI is InChI=1S/C15H10BrNO4/c1-20-12-5-3-9(15(18)19)6-14(12)21-13-7-11(16)4-2-10(13)8-17/h2-7H,1H3,(H,18,19). The number of carbonyl (C=O) groups is 1. The summed E-state index contributed by atoms with van der Waals surface area (Å²) in [4.78, 5) is 11.0. The molecule has 0 saturated heterocycles. The summed E-state index contributed by atoms with van der Waals surface area (Å²) >= 11 is 3.30. The molecule has 0 aromatic heterocycles. The van der Waals surface area contributed by atoms with Gasteiger partial charge >= 0.3 is 5.97 Å². The molecule has 2 aromatic rings. The summed E-state index contributed by atoms with van der Waals surface area (Å²) in [5.41, 5.74) is 0.403. The first-order valence-corrected chi connectivity index (χ1v) is 6.63. The Bertz CT molecular complexity index is 737. The van der Waals surface area contributed by atoms with Gasteiger partial charge in [0.15, 0.2) is 11.5 Å². The Morgan fingerprint density at radius 3 is 2.57 bits per heavy atom. The number of halogens is 1. The summed E-state index contributed by atoms with van der Waals surface area (Å²) in [5, 5.41) is 18.1. The summed E-state index contributed by atoms with van der Waals surface area (Å²) in [6, 6.07) is 11.2. The quantitative estimate of drug-likeness (QED) is 0.909. The van der Waals surface area contributed by atoms with Gasteiger partial charge in [0.05, 0.1) is 18.2 Å². The average molecular weight is 348 g/mol. The van der Waals surface area contributed by atoms with Crippen molar-refractivity contribution < 1.29 is 19.4 Å². The monoisotopic (exact) mass is 347 g/mol. The van der Waals surface area contributed by atoms with E-state index in [4.69, 9.17) is 19.8 Å². The maximum Gasteiger partial charge on any atom is 0.335 e. The molecule has 0 unspecified atom stereocenters. The molecule has 0 atom stereocenters. The number of hydrogen-bond acceptors (Lipinski definition) is 4. The number of benzene rings is 2. The zero-order valence-corrected chi connectivity index (χ0v) is 12.5. The van der Waals surface area contributed by atoms with E-state index in [0.717, 1.165) is 4.47 Å². The molecule has 0 fully saturated rings. The van der Waals surface area contributed by atoms with Crippen LogP contribution >= 0.6 is 15.9 Å². The zero-order valence-electron chi connectivity index (χ0n) is 11.0. The molecule has 0 spiro atoms. The van der Waals surface area contributed by atoms with Gasteiger partial charge in [-0.15, -0.1) is 0 Å². The van der Waals surface area contributed by atoms with E-state index in [2.05, 4.69) is 15.9 Å². The maximum atomic E-state index is 11.0. The Morgan fingerprint density at radius 2 is 1.95 bits per heavy atom. The van der Waals surface area contributed by atoms with Crippen molar-refractivity contribution in [1.29, 1.82) is 5.26 Å². The molecule has 0 heterocycles. The lowest BCUT2D eigenvalue weighted by molar-refractivity contribution is 0.0696. The van der Waals surface area contributed by atoms with Crippen LogP contribution in [0.4, 0.5) is 0 Å². The van der Waals surface area contributed by atoms with Gasteiger partial charge in [-0.05, 0) is 36.4 Å². The molecule has 106 valence electrons. The van der Waals surface area contributed by atoms with Crippen molar-refractivity contribution in [2.75, 3.05) is 7.11 Å². The van der Waals surface area contributed by atoms with Crippen LogP contribution in [0.1, 0.15) is 15.9 Å². The lowest BCUT2D eigenvalue weighted by Gasteiger charge is -2.12. The Morgan fingerprint density at radius 1 is 1.19 bits per heavy atom. The Hall–Kier alpha value is -2.52. The molecular weight excluding hydrogens is 338 g/mol. The first-order chi connectivity index (χ1) is 10.0. The highest BCUT2D eigenvalue weighted by Gasteiger charge is 2.13. The van der Waals surface area contributed by atoms with Crippen molar-refractivity contribution in [3.8, 4) is 23.3 Å². The number of carboxylic acid groups (broad SMARTS) is 1. The molecule has 0 aliphatic rings. The van der Waals surface area contributed by atoms with Gasteiger partial charge in [0.2, 0.25) is 0 Å². The highest BCUT2D eigenvalue weighted by molar-refractivity contribution is 9.10. The van der Waals surface area contributed by atoms with E-state index < -0.39 is 5.97 Å². The number of hydrogen-bond donors (Lipinski definition) is 1. The van der Waals surface area contributed by atoms with E-state index in [9.17, 15) is 4.79 Å². The molecule has 1 N–H and O–H groups in total. The third-order valence-electron chi connectivity index (χ3n) is 2.69. The molecule has 0 bridgehead atoms. The van der Waals surface area contributed by atoms with Gasteiger partial charge in [-0.2, -0.15) is 5.26 Å². The van der Waals surface area contributed by atoms with Crippen molar-refractivity contribution in [3.05, 3.63) is 52.0 Å². The average Bonchev–Trinajstić information content (AvgIpc) is 2.47. The van der Waals surface area contributed by atoms with E-state index in [1.807, 2.05) is 6.07 Å². The van der Waals surface area contributed by atoms with E-state index in [1.54, 1.807) is 18.2 Å². The van der Waals surface area contributed by atoms with Crippen LogP contribution in [0.5, 0.6) is 17.2 Å². The van der Waals surface area contributed by atoms with Crippen LogP contribution in [0.15, 0.2) is 40.9 Å². The minimum Gasteiger partial charge on any atom is -0.493 e. The number of nitrogens with zero attached hydrogens (tertiary/aromatic N) is 1. The minimum absolute atomic E-state index is 0.0688. The number of rotatable bonds is 4. The SMILES string of the molecule is COc1ccc(C(=O)O)cc1Oc1cc(Br)ccc1C#N. The molecule has 0 aliphatic carbocycles. The van der Waals surface area contributed by atoms with Crippen molar-refractivity contribution in [2.45, 2.75) is 0 Å². The molecule has 2 rings (SSSR count). The maximum absolute atomic E-state index is 11.0. The lowest BCUT2D eigenvalue weighted by Crippen LogP contribution is -1.99. The van der Waals surface area contributed by atoms with Crippen molar-refractivity contribution in [2.24, 2.45) is 0 Å². The van der Waals surface area contributed by atoms with Crippen LogP contribution in [0.3, 0.4) is 0 Å². The van der Waals surface area contributed by atoms with Crippen molar-refractivity contribution in [1.82, 2.24) is 0 Å². The van der Waals surface area contributed by atoms with Crippen LogP contribution in [-0.4, -0.2) is 18.2 Å². The highest BCUT2D eigenvalue weighted by Crippen LogP contribution is 2.35. The number of nitriles is 1. The Labute approximate surface area is 129 Å². The number of ether oxygens (including phenoxy) is 2. The van der Waals surface area contributed by atoms with Crippen LogP contribution in [-0.2, 0) is 0 Å². The summed E-state index contributed by atoms with van der Waals surface area (Å²) in [5.74, 6) is -0.152. The van der Waals surface area contributed by atoms with E-state index in [-0.39, 0.29) is 11.3 Å². The summed E-state index contributed by atoms with van der Waals surface area (Å²) in [6.45, 7) is 0. The lowest BCUT2D eigenvalue weighted by atomic mass is 10.2. The van der Waals surface area contributed by atoms with Gasteiger partial charge < -0.3 is 14.6 Å². The smallest absolute Gasteiger partial charge is 0.335 e. The van der Waals surface area contributed by atoms with E-state index >= 15 is 0 Å². The van der Waals surface area contributed by atoms with Gasteiger partial charge in [0.25, 0.3) is 0 Å². The van der Waals surface area contributed by atoms with Gasteiger partial charge in [-0.25, -0.2) is 4.79 Å². The van der Waals surface area contributed by atoms with Crippen LogP contribution < -0.4 is 9.47 Å². The third-order valence-corrected chi connectivity index (χ3v) is 3.19. The second-order valence-corrected chi connectivity index (χ2v) is 4.94. The topological polar surface area (TPSA) is 79.6 Å². The number of carboxylic acids is 1. The fraction of sp³-hybridized carbons (Fsp3) is 0.0667. The van der Waals surface area contributed by atoms with Crippen molar-refractivity contribution >= 4 is 21.9 Å². The van der Waals surface area contributed by atoms with E-state index in [1.165, 1.54) is 25.3 Å². The molecule has 0 saturated carbocycles. The fourth-order valence-electron chi connectivity index (χ4n) is 1.68. The number of aromatic carboxylic acids is 1. The zero-order chi connectivity index (χ0) is 15.4. The van der Waals surface area contributed by atoms with Crippen LogP contribution in [0, 0.1) is 11.3 Å². The van der Waals surface area contributed by atoms with Crippen LogP contribution in [0.2, 0.25) is 0 Å². The molecular formula is C15H10BrNO4.